The Balaban J connectivity index is 1.35. The molecule has 1 aliphatic heterocycles. The average molecular weight is 405 g/mol. The van der Waals surface area contributed by atoms with Crippen LogP contribution in [0.3, 0.4) is 0 Å². The van der Waals surface area contributed by atoms with Gasteiger partial charge in [-0.25, -0.2) is 4.79 Å². The van der Waals surface area contributed by atoms with Crippen molar-refractivity contribution >= 4 is 33.4 Å². The minimum atomic E-state index is -0.528. The number of nitrogens with one attached hydrogen (secondary N) is 1. The number of hydrogen-bond acceptors (Lipinski definition) is 5. The van der Waals surface area contributed by atoms with Crippen LogP contribution in [-0.4, -0.2) is 54.8 Å². The van der Waals surface area contributed by atoms with Gasteiger partial charge in [-0.2, -0.15) is 0 Å². The lowest BCUT2D eigenvalue weighted by molar-refractivity contribution is -0.135. The van der Waals surface area contributed by atoms with Crippen molar-refractivity contribution in [2.75, 3.05) is 26.3 Å². The van der Waals surface area contributed by atoms with Gasteiger partial charge in [0.25, 0.3) is 0 Å². The maximum Gasteiger partial charge on any atom is 0.407 e. The van der Waals surface area contributed by atoms with Gasteiger partial charge in [0.15, 0.2) is 0 Å². The van der Waals surface area contributed by atoms with E-state index in [4.69, 9.17) is 9.47 Å². The number of rotatable bonds is 6. The molecule has 1 aromatic carbocycles. The molecule has 1 N–H and O–H groups in total. The number of amides is 2. The SMILES string of the molecule is CC(C)(C)OC(=O)NC1CCN(C(=O)COCCc2ccc3sccc3c2)C1. The van der Waals surface area contributed by atoms with Gasteiger partial charge in [0.1, 0.15) is 12.2 Å². The van der Waals surface area contributed by atoms with E-state index in [1.165, 1.54) is 15.6 Å². The Morgan fingerprint density at radius 2 is 2.11 bits per heavy atom. The van der Waals surface area contributed by atoms with Crippen LogP contribution in [0, 0.1) is 0 Å². The second kappa shape index (κ2) is 8.92. The molecule has 6 nitrogen and oxygen atoms in total. The van der Waals surface area contributed by atoms with Gasteiger partial charge in [0.2, 0.25) is 5.91 Å². The molecule has 1 atom stereocenters. The maximum absolute atomic E-state index is 12.3. The Bertz CT molecular complexity index is 827. The number of likely N-dealkylation sites (tertiary alicyclic amines) is 1. The summed E-state index contributed by atoms with van der Waals surface area (Å²) in [5, 5.41) is 6.16. The Labute approximate surface area is 169 Å². The number of fused-ring (bicyclic) bond motifs is 1. The molecule has 0 radical (unpaired) electrons. The van der Waals surface area contributed by atoms with E-state index in [0.717, 1.165) is 12.8 Å². The molecule has 2 amide bonds. The van der Waals surface area contributed by atoms with Gasteiger partial charge in [0.05, 0.1) is 12.6 Å². The molecule has 1 fully saturated rings. The Morgan fingerprint density at radius 1 is 1.29 bits per heavy atom. The van der Waals surface area contributed by atoms with E-state index in [1.807, 2.05) is 20.8 Å². The smallest absolute Gasteiger partial charge is 0.407 e. The second-order valence-corrected chi connectivity index (χ2v) is 9.01. The molecule has 0 bridgehead atoms. The fourth-order valence-electron chi connectivity index (χ4n) is 3.19. The minimum absolute atomic E-state index is 0.0400. The predicted molar refractivity (Wildman–Crippen MR) is 111 cm³/mol. The quantitative estimate of drug-likeness (QED) is 0.747. The largest absolute Gasteiger partial charge is 0.444 e. The van der Waals surface area contributed by atoms with E-state index < -0.39 is 11.7 Å². The van der Waals surface area contributed by atoms with E-state index in [0.29, 0.717) is 19.7 Å². The number of benzene rings is 1. The fraction of sp³-hybridized carbons (Fsp3) is 0.524. The topological polar surface area (TPSA) is 67.9 Å². The summed E-state index contributed by atoms with van der Waals surface area (Å²) >= 11 is 1.73. The van der Waals surface area contributed by atoms with Gasteiger partial charge >= 0.3 is 6.09 Å². The number of ether oxygens (including phenoxy) is 2. The number of alkyl carbamates (subject to hydrolysis) is 1. The van der Waals surface area contributed by atoms with Crippen LogP contribution in [0.15, 0.2) is 29.6 Å². The molecule has 2 aromatic rings. The van der Waals surface area contributed by atoms with E-state index in [-0.39, 0.29) is 18.6 Å². The van der Waals surface area contributed by atoms with Crippen molar-refractivity contribution in [3.8, 4) is 0 Å². The highest BCUT2D eigenvalue weighted by Crippen LogP contribution is 2.22. The Morgan fingerprint density at radius 3 is 2.89 bits per heavy atom. The summed E-state index contributed by atoms with van der Waals surface area (Å²) in [4.78, 5) is 25.9. The summed E-state index contributed by atoms with van der Waals surface area (Å²) in [6, 6.07) is 8.45. The second-order valence-electron chi connectivity index (χ2n) is 8.07. The van der Waals surface area contributed by atoms with Gasteiger partial charge in [-0.3, -0.25) is 4.79 Å². The molecule has 2 heterocycles. The van der Waals surface area contributed by atoms with Crippen LogP contribution in [0.1, 0.15) is 32.8 Å². The first-order chi connectivity index (χ1) is 13.3. The first-order valence-corrected chi connectivity index (χ1v) is 10.5. The lowest BCUT2D eigenvalue weighted by Crippen LogP contribution is -2.41. The standard InChI is InChI=1S/C21H28N2O4S/c1-21(2,3)27-20(25)22-17-6-9-23(13-17)19(24)14-26-10-7-15-4-5-18-16(12-15)8-11-28-18/h4-5,8,11-12,17H,6-7,9-10,13-14H2,1-3H3,(H,22,25). The van der Waals surface area contributed by atoms with Gasteiger partial charge < -0.3 is 19.7 Å². The van der Waals surface area contributed by atoms with Gasteiger partial charge in [-0.15, -0.1) is 11.3 Å². The highest BCUT2D eigenvalue weighted by Gasteiger charge is 2.28. The van der Waals surface area contributed by atoms with Crippen LogP contribution in [0.5, 0.6) is 0 Å². The van der Waals surface area contributed by atoms with Crippen molar-refractivity contribution < 1.29 is 19.1 Å². The molecule has 3 rings (SSSR count). The molecule has 1 saturated heterocycles. The highest BCUT2D eigenvalue weighted by molar-refractivity contribution is 7.17. The van der Waals surface area contributed by atoms with E-state index in [9.17, 15) is 9.59 Å². The molecule has 1 aliphatic rings. The zero-order valence-electron chi connectivity index (χ0n) is 16.7. The van der Waals surface area contributed by atoms with Crippen molar-refractivity contribution in [3.05, 3.63) is 35.2 Å². The van der Waals surface area contributed by atoms with Crippen LogP contribution in [0.4, 0.5) is 4.79 Å². The van der Waals surface area contributed by atoms with Crippen LogP contribution in [0.2, 0.25) is 0 Å². The molecule has 0 aliphatic carbocycles. The van der Waals surface area contributed by atoms with E-state index >= 15 is 0 Å². The summed E-state index contributed by atoms with van der Waals surface area (Å²) < 4.78 is 12.1. The molecular weight excluding hydrogens is 376 g/mol. The van der Waals surface area contributed by atoms with Crippen LogP contribution < -0.4 is 5.32 Å². The van der Waals surface area contributed by atoms with Gasteiger partial charge in [0, 0.05) is 17.8 Å². The van der Waals surface area contributed by atoms with Crippen LogP contribution in [-0.2, 0) is 20.7 Å². The van der Waals surface area contributed by atoms with Crippen molar-refractivity contribution in [1.29, 1.82) is 0 Å². The molecule has 152 valence electrons. The number of hydrogen-bond donors (Lipinski definition) is 1. The highest BCUT2D eigenvalue weighted by atomic mass is 32.1. The normalized spacial score (nSPS) is 17.1. The van der Waals surface area contributed by atoms with Gasteiger partial charge in [-0.1, -0.05) is 12.1 Å². The zero-order valence-corrected chi connectivity index (χ0v) is 17.5. The third-order valence-electron chi connectivity index (χ3n) is 4.54. The summed E-state index contributed by atoms with van der Waals surface area (Å²) in [6.07, 6.45) is 1.07. The van der Waals surface area contributed by atoms with Crippen LogP contribution in [0.25, 0.3) is 10.1 Å². The summed E-state index contributed by atoms with van der Waals surface area (Å²) in [5.74, 6) is -0.0400. The average Bonchev–Trinajstić information content (AvgIpc) is 3.25. The third-order valence-corrected chi connectivity index (χ3v) is 5.44. The molecular formula is C21H28N2O4S. The first-order valence-electron chi connectivity index (χ1n) is 9.61. The van der Waals surface area contributed by atoms with Crippen LogP contribution >= 0.6 is 11.3 Å². The van der Waals surface area contributed by atoms with E-state index in [1.54, 1.807) is 16.2 Å². The van der Waals surface area contributed by atoms with Crippen molar-refractivity contribution in [2.24, 2.45) is 0 Å². The number of carbonyl (C=O) groups is 2. The Hall–Kier alpha value is -2.12. The zero-order chi connectivity index (χ0) is 20.1. The fourth-order valence-corrected chi connectivity index (χ4v) is 3.96. The number of thiophene rings is 1. The first kappa shape index (κ1) is 20.6. The van der Waals surface area contributed by atoms with Gasteiger partial charge in [-0.05, 0) is 62.1 Å². The predicted octanol–water partition coefficient (Wildman–Crippen LogP) is 3.59. The molecule has 0 spiro atoms. The van der Waals surface area contributed by atoms with Crippen molar-refractivity contribution in [1.82, 2.24) is 10.2 Å². The lowest BCUT2D eigenvalue weighted by Gasteiger charge is -2.22. The van der Waals surface area contributed by atoms with E-state index in [2.05, 4.69) is 35.0 Å². The summed E-state index contributed by atoms with van der Waals surface area (Å²) in [5.41, 5.74) is 0.682. The molecule has 1 aromatic heterocycles. The number of carbonyl (C=O) groups excluding carboxylic acids is 2. The molecule has 1 unspecified atom stereocenters. The summed E-state index contributed by atoms with van der Waals surface area (Å²) in [6.45, 7) is 7.18. The van der Waals surface area contributed by atoms with Crippen molar-refractivity contribution in [2.45, 2.75) is 45.3 Å². The third kappa shape index (κ3) is 5.94. The molecule has 0 saturated carbocycles. The minimum Gasteiger partial charge on any atom is -0.444 e. The van der Waals surface area contributed by atoms with Crippen molar-refractivity contribution in [3.63, 3.8) is 0 Å². The maximum atomic E-state index is 12.3. The Kier molecular flexibility index (Phi) is 6.57. The summed E-state index contributed by atoms with van der Waals surface area (Å²) in [7, 11) is 0. The molecule has 7 heteroatoms. The monoisotopic (exact) mass is 404 g/mol. The molecule has 28 heavy (non-hydrogen) atoms. The lowest BCUT2D eigenvalue weighted by atomic mass is 10.1. The number of nitrogens with zero attached hydrogens (tertiary/aromatic N) is 1.